The van der Waals surface area contributed by atoms with Gasteiger partial charge in [0.1, 0.15) is 0 Å². The molecule has 0 bridgehead atoms. The van der Waals surface area contributed by atoms with Gasteiger partial charge in [-0.05, 0) is 40.5 Å². The molecule has 0 radical (unpaired) electrons. The van der Waals surface area contributed by atoms with Crippen molar-refractivity contribution in [3.05, 3.63) is 28.2 Å². The van der Waals surface area contributed by atoms with E-state index in [4.69, 9.17) is 0 Å². The van der Waals surface area contributed by atoms with E-state index in [9.17, 15) is 18.3 Å². The maximum atomic E-state index is 12.5. The zero-order valence-electron chi connectivity index (χ0n) is 8.84. The lowest BCUT2D eigenvalue weighted by Gasteiger charge is -2.20. The molecule has 0 aliphatic carbocycles. The van der Waals surface area contributed by atoms with Crippen molar-refractivity contribution in [3.63, 3.8) is 0 Å². The van der Waals surface area contributed by atoms with Gasteiger partial charge in [-0.3, -0.25) is 0 Å². The van der Waals surface area contributed by atoms with Gasteiger partial charge in [0.25, 0.3) is 0 Å². The summed E-state index contributed by atoms with van der Waals surface area (Å²) >= 11 is 3.15. The van der Waals surface area contributed by atoms with Crippen molar-refractivity contribution < 1.29 is 18.3 Å². The monoisotopic (exact) mass is 309 g/mol. The molecule has 1 N–H and O–H groups in total. The van der Waals surface area contributed by atoms with Gasteiger partial charge < -0.3 is 10.0 Å². The molecular weight excluding hydrogens is 299 g/mol. The lowest BCUT2D eigenvalue weighted by Crippen LogP contribution is -2.21. The fourth-order valence-electron chi connectivity index (χ4n) is 1.90. The summed E-state index contributed by atoms with van der Waals surface area (Å²) in [6.07, 6.45) is -4.08. The molecule has 17 heavy (non-hydrogen) atoms. The summed E-state index contributed by atoms with van der Waals surface area (Å²) in [6.45, 7) is 1.12. The number of anilines is 1. The number of hydrogen-bond acceptors (Lipinski definition) is 2. The summed E-state index contributed by atoms with van der Waals surface area (Å²) in [7, 11) is 0. The van der Waals surface area contributed by atoms with Crippen LogP contribution in [0.3, 0.4) is 0 Å². The second kappa shape index (κ2) is 4.49. The van der Waals surface area contributed by atoms with Crippen LogP contribution in [0.15, 0.2) is 22.7 Å². The van der Waals surface area contributed by atoms with Crippen LogP contribution < -0.4 is 4.90 Å². The standard InChI is InChI=1S/C11H11BrF3NO/c12-9-5-7(11(13,14)15)1-2-10(9)16-4-3-8(17)6-16/h1-2,5,8,17H,3-4,6H2/t8-/m1/s1. The third kappa shape index (κ3) is 2.74. The van der Waals surface area contributed by atoms with Crippen molar-refractivity contribution in [1.29, 1.82) is 0 Å². The SMILES string of the molecule is O[C@@H]1CCN(c2ccc(C(F)(F)F)cc2Br)C1. The lowest BCUT2D eigenvalue weighted by atomic mass is 10.2. The lowest BCUT2D eigenvalue weighted by molar-refractivity contribution is -0.137. The highest BCUT2D eigenvalue weighted by Gasteiger charge is 2.31. The Bertz CT molecular complexity index is 422. The van der Waals surface area contributed by atoms with Gasteiger partial charge in [-0.25, -0.2) is 0 Å². The first-order chi connectivity index (χ1) is 7.88. The highest BCUT2D eigenvalue weighted by molar-refractivity contribution is 9.10. The van der Waals surface area contributed by atoms with Gasteiger partial charge in [-0.1, -0.05) is 0 Å². The Balaban J connectivity index is 2.26. The van der Waals surface area contributed by atoms with Gasteiger partial charge in [-0.15, -0.1) is 0 Å². The maximum absolute atomic E-state index is 12.5. The number of alkyl halides is 3. The largest absolute Gasteiger partial charge is 0.416 e. The number of rotatable bonds is 1. The quantitative estimate of drug-likeness (QED) is 0.862. The van der Waals surface area contributed by atoms with E-state index in [0.717, 1.165) is 12.1 Å². The summed E-state index contributed by atoms with van der Waals surface area (Å²) in [5.74, 6) is 0. The Labute approximate surface area is 105 Å². The predicted octanol–water partition coefficient (Wildman–Crippen LogP) is 3.04. The Morgan fingerprint density at radius 1 is 1.35 bits per heavy atom. The molecular formula is C11H11BrF3NO. The summed E-state index contributed by atoms with van der Waals surface area (Å²) in [4.78, 5) is 1.87. The molecule has 1 atom stereocenters. The van der Waals surface area contributed by atoms with Gasteiger partial charge >= 0.3 is 6.18 Å². The molecule has 2 nitrogen and oxygen atoms in total. The molecule has 1 saturated heterocycles. The molecule has 1 heterocycles. The van der Waals surface area contributed by atoms with E-state index >= 15 is 0 Å². The molecule has 2 rings (SSSR count). The Morgan fingerprint density at radius 2 is 2.06 bits per heavy atom. The number of hydrogen-bond donors (Lipinski definition) is 1. The van der Waals surface area contributed by atoms with Gasteiger partial charge in [0.15, 0.2) is 0 Å². The van der Waals surface area contributed by atoms with Crippen LogP contribution in [-0.4, -0.2) is 24.3 Å². The number of halogens is 4. The highest BCUT2D eigenvalue weighted by atomic mass is 79.9. The van der Waals surface area contributed by atoms with Crippen LogP contribution in [0, 0.1) is 0 Å². The maximum Gasteiger partial charge on any atom is 0.416 e. The molecule has 94 valence electrons. The minimum atomic E-state index is -4.33. The third-order valence-corrected chi connectivity index (χ3v) is 3.41. The average Bonchev–Trinajstić information content (AvgIpc) is 2.63. The molecule has 1 aliphatic heterocycles. The number of aliphatic hydroxyl groups is 1. The Morgan fingerprint density at radius 3 is 2.53 bits per heavy atom. The second-order valence-corrected chi connectivity index (χ2v) is 4.91. The van der Waals surface area contributed by atoms with E-state index in [-0.39, 0.29) is 0 Å². The van der Waals surface area contributed by atoms with Crippen LogP contribution in [0.2, 0.25) is 0 Å². The fraction of sp³-hybridized carbons (Fsp3) is 0.455. The number of aliphatic hydroxyl groups excluding tert-OH is 1. The van der Waals surface area contributed by atoms with E-state index in [1.807, 2.05) is 4.90 Å². The van der Waals surface area contributed by atoms with Crippen LogP contribution in [-0.2, 0) is 6.18 Å². The first-order valence-corrected chi connectivity index (χ1v) is 5.97. The topological polar surface area (TPSA) is 23.5 Å². The summed E-state index contributed by atoms with van der Waals surface area (Å²) in [5.41, 5.74) is 0.0161. The third-order valence-electron chi connectivity index (χ3n) is 2.78. The molecule has 1 fully saturated rings. The second-order valence-electron chi connectivity index (χ2n) is 4.05. The molecule has 1 aliphatic rings. The van der Waals surface area contributed by atoms with Gasteiger partial charge in [-0.2, -0.15) is 13.2 Å². The minimum Gasteiger partial charge on any atom is -0.391 e. The predicted molar refractivity (Wildman–Crippen MR) is 62.0 cm³/mol. The minimum absolute atomic E-state index is 0.399. The van der Waals surface area contributed by atoms with Crippen LogP contribution in [0.25, 0.3) is 0 Å². The average molecular weight is 310 g/mol. The van der Waals surface area contributed by atoms with E-state index in [0.29, 0.717) is 29.7 Å². The summed E-state index contributed by atoms with van der Waals surface area (Å²) < 4.78 is 37.8. The molecule has 0 spiro atoms. The van der Waals surface area contributed by atoms with E-state index in [1.165, 1.54) is 6.07 Å². The zero-order chi connectivity index (χ0) is 12.6. The number of benzene rings is 1. The Hall–Kier alpha value is -0.750. The highest BCUT2D eigenvalue weighted by Crippen LogP contribution is 2.36. The van der Waals surface area contributed by atoms with Gasteiger partial charge in [0.05, 0.1) is 17.4 Å². The fourth-order valence-corrected chi connectivity index (χ4v) is 2.53. The van der Waals surface area contributed by atoms with Crippen molar-refractivity contribution in [3.8, 4) is 0 Å². The van der Waals surface area contributed by atoms with Crippen molar-refractivity contribution in [2.24, 2.45) is 0 Å². The van der Waals surface area contributed by atoms with Crippen molar-refractivity contribution in [1.82, 2.24) is 0 Å². The van der Waals surface area contributed by atoms with Gasteiger partial charge in [0.2, 0.25) is 0 Å². The van der Waals surface area contributed by atoms with Gasteiger partial charge in [0, 0.05) is 17.6 Å². The van der Waals surface area contributed by atoms with E-state index < -0.39 is 17.8 Å². The molecule has 6 heteroatoms. The van der Waals surface area contributed by atoms with Crippen LogP contribution in [0.1, 0.15) is 12.0 Å². The first kappa shape index (κ1) is 12.7. The molecule has 0 unspecified atom stereocenters. The molecule has 1 aromatic rings. The van der Waals surface area contributed by atoms with E-state index in [2.05, 4.69) is 15.9 Å². The molecule has 0 amide bonds. The van der Waals surface area contributed by atoms with Crippen molar-refractivity contribution in [2.75, 3.05) is 18.0 Å². The molecule has 0 aromatic heterocycles. The number of nitrogens with zero attached hydrogens (tertiary/aromatic N) is 1. The van der Waals surface area contributed by atoms with E-state index in [1.54, 1.807) is 0 Å². The first-order valence-electron chi connectivity index (χ1n) is 5.17. The normalized spacial score (nSPS) is 21.0. The van der Waals surface area contributed by atoms with Crippen LogP contribution >= 0.6 is 15.9 Å². The summed E-state index contributed by atoms with van der Waals surface area (Å²) in [6, 6.07) is 3.57. The molecule has 0 saturated carbocycles. The van der Waals surface area contributed by atoms with Crippen molar-refractivity contribution >= 4 is 21.6 Å². The molecule has 1 aromatic carbocycles. The number of β-amino-alcohol motifs (C(OH)–C–C–N with tert-alkyl or cyclic N) is 1. The Kier molecular flexibility index (Phi) is 3.36. The smallest absolute Gasteiger partial charge is 0.391 e. The zero-order valence-corrected chi connectivity index (χ0v) is 10.4. The van der Waals surface area contributed by atoms with Crippen LogP contribution in [0.4, 0.5) is 18.9 Å². The summed E-state index contributed by atoms with van der Waals surface area (Å²) in [5, 5.41) is 9.40. The van der Waals surface area contributed by atoms with Crippen LogP contribution in [0.5, 0.6) is 0 Å². The van der Waals surface area contributed by atoms with Crippen molar-refractivity contribution in [2.45, 2.75) is 18.7 Å².